The highest BCUT2D eigenvalue weighted by molar-refractivity contribution is 5.67. The lowest BCUT2D eigenvalue weighted by Crippen LogP contribution is -2.38. The van der Waals surface area contributed by atoms with Crippen LogP contribution in [0.1, 0.15) is 36.5 Å². The van der Waals surface area contributed by atoms with Gasteiger partial charge in [-0.05, 0) is 43.0 Å². The lowest BCUT2D eigenvalue weighted by Gasteiger charge is -2.24. The molecule has 2 unspecified atom stereocenters. The van der Waals surface area contributed by atoms with Crippen LogP contribution >= 0.6 is 0 Å². The molecule has 1 aliphatic carbocycles. The molecule has 1 aromatic carbocycles. The molecule has 2 atom stereocenters. The van der Waals surface area contributed by atoms with E-state index in [0.29, 0.717) is 6.04 Å². The van der Waals surface area contributed by atoms with Gasteiger partial charge in [-0.15, -0.1) is 0 Å². The second-order valence-electron chi connectivity index (χ2n) is 5.31. The Morgan fingerprint density at radius 2 is 2.20 bits per heavy atom. The Labute approximate surface area is 118 Å². The minimum atomic E-state index is -0.909. The van der Waals surface area contributed by atoms with Crippen LogP contribution in [0.5, 0.6) is 5.75 Å². The third kappa shape index (κ3) is 3.71. The number of aliphatic carboxylic acids is 1. The largest absolute Gasteiger partial charge is 0.497 e. The van der Waals surface area contributed by atoms with Crippen LogP contribution in [0.25, 0.3) is 0 Å². The topological polar surface area (TPSA) is 78.8 Å². The number of rotatable bonds is 7. The number of hydrogen-bond donors (Lipinski definition) is 3. The predicted octanol–water partition coefficient (Wildman–Crippen LogP) is 1.63. The maximum atomic E-state index is 11.0. The molecule has 1 aromatic rings. The molecule has 0 aromatic heterocycles. The van der Waals surface area contributed by atoms with Gasteiger partial charge in [-0.3, -0.25) is 4.79 Å². The van der Waals surface area contributed by atoms with Crippen molar-refractivity contribution in [3.05, 3.63) is 29.3 Å². The highest BCUT2D eigenvalue weighted by atomic mass is 16.5. The maximum Gasteiger partial charge on any atom is 0.305 e. The van der Waals surface area contributed by atoms with Crippen molar-refractivity contribution in [2.24, 2.45) is 0 Å². The van der Waals surface area contributed by atoms with Gasteiger partial charge in [0.1, 0.15) is 5.75 Å². The van der Waals surface area contributed by atoms with E-state index in [1.165, 1.54) is 0 Å². The SMILES string of the molecule is COc1ccc(C(O)C(CC(=O)O)NC2CC2)c(C)c1. The fourth-order valence-corrected chi connectivity index (χ4v) is 2.33. The van der Waals surface area contributed by atoms with Gasteiger partial charge >= 0.3 is 5.97 Å². The molecule has 1 saturated carbocycles. The summed E-state index contributed by atoms with van der Waals surface area (Å²) in [7, 11) is 1.59. The van der Waals surface area contributed by atoms with Crippen molar-refractivity contribution in [1.82, 2.24) is 5.32 Å². The first-order valence-corrected chi connectivity index (χ1v) is 6.81. The summed E-state index contributed by atoms with van der Waals surface area (Å²) >= 11 is 0. The number of aliphatic hydroxyl groups is 1. The molecule has 3 N–H and O–H groups in total. The molecule has 20 heavy (non-hydrogen) atoms. The zero-order chi connectivity index (χ0) is 14.7. The van der Waals surface area contributed by atoms with Crippen LogP contribution in [-0.2, 0) is 4.79 Å². The number of aryl methyl sites for hydroxylation is 1. The standard InChI is InChI=1S/C15H21NO4/c1-9-7-11(20-2)5-6-12(9)15(19)13(8-14(17)18)16-10-3-4-10/h5-7,10,13,15-16,19H,3-4,8H2,1-2H3,(H,17,18). The number of carboxylic acid groups (broad SMARTS) is 1. The normalized spacial score (nSPS) is 17.6. The molecule has 0 bridgehead atoms. The summed E-state index contributed by atoms with van der Waals surface area (Å²) in [5.41, 5.74) is 1.63. The van der Waals surface area contributed by atoms with E-state index >= 15 is 0 Å². The Morgan fingerprint density at radius 3 is 2.70 bits per heavy atom. The third-order valence-corrected chi connectivity index (χ3v) is 3.60. The summed E-state index contributed by atoms with van der Waals surface area (Å²) in [4.78, 5) is 11.0. The molecular weight excluding hydrogens is 258 g/mol. The summed E-state index contributed by atoms with van der Waals surface area (Å²) in [6.07, 6.45) is 1.16. The highest BCUT2D eigenvalue weighted by Crippen LogP contribution is 2.28. The van der Waals surface area contributed by atoms with Crippen LogP contribution in [0, 0.1) is 6.92 Å². The number of carboxylic acids is 1. The average Bonchev–Trinajstić information content (AvgIpc) is 3.20. The number of benzene rings is 1. The van der Waals surface area contributed by atoms with Crippen molar-refractivity contribution in [2.45, 2.75) is 44.4 Å². The zero-order valence-electron chi connectivity index (χ0n) is 11.8. The predicted molar refractivity (Wildman–Crippen MR) is 74.9 cm³/mol. The molecule has 1 fully saturated rings. The molecule has 110 valence electrons. The van der Waals surface area contributed by atoms with E-state index in [1.54, 1.807) is 19.2 Å². The van der Waals surface area contributed by atoms with Crippen LogP contribution in [0.3, 0.4) is 0 Å². The Bertz CT molecular complexity index is 485. The van der Waals surface area contributed by atoms with Crippen molar-refractivity contribution in [2.75, 3.05) is 7.11 Å². The second kappa shape index (κ2) is 6.24. The number of carbonyl (C=O) groups is 1. The van der Waals surface area contributed by atoms with Gasteiger partial charge in [0.15, 0.2) is 0 Å². The Hall–Kier alpha value is -1.59. The minimum Gasteiger partial charge on any atom is -0.497 e. The number of nitrogens with one attached hydrogen (secondary N) is 1. The molecule has 1 aliphatic rings. The molecular formula is C15H21NO4. The molecule has 0 spiro atoms. The van der Waals surface area contributed by atoms with Crippen LogP contribution in [0.4, 0.5) is 0 Å². The van der Waals surface area contributed by atoms with E-state index in [2.05, 4.69) is 5.32 Å². The van der Waals surface area contributed by atoms with Crippen LogP contribution in [0.2, 0.25) is 0 Å². The number of ether oxygens (including phenoxy) is 1. The van der Waals surface area contributed by atoms with E-state index in [9.17, 15) is 9.90 Å². The molecule has 0 saturated heterocycles. The van der Waals surface area contributed by atoms with Crippen LogP contribution in [-0.4, -0.2) is 35.4 Å². The van der Waals surface area contributed by atoms with Gasteiger partial charge in [0, 0.05) is 12.1 Å². The Kier molecular flexibility index (Phi) is 4.62. The van der Waals surface area contributed by atoms with Gasteiger partial charge in [-0.2, -0.15) is 0 Å². The van der Waals surface area contributed by atoms with Crippen LogP contribution in [0.15, 0.2) is 18.2 Å². The van der Waals surface area contributed by atoms with Gasteiger partial charge in [0.05, 0.1) is 19.6 Å². The van der Waals surface area contributed by atoms with Crippen LogP contribution < -0.4 is 10.1 Å². The van der Waals surface area contributed by atoms with E-state index < -0.39 is 18.1 Å². The molecule has 0 aliphatic heterocycles. The summed E-state index contributed by atoms with van der Waals surface area (Å²) in [5, 5.41) is 22.7. The summed E-state index contributed by atoms with van der Waals surface area (Å²) in [6, 6.07) is 5.29. The van der Waals surface area contributed by atoms with Gasteiger partial charge in [0.25, 0.3) is 0 Å². The average molecular weight is 279 g/mol. The lowest BCUT2D eigenvalue weighted by atomic mass is 9.95. The first-order chi connectivity index (χ1) is 9.51. The first-order valence-electron chi connectivity index (χ1n) is 6.81. The first kappa shape index (κ1) is 14.8. The quantitative estimate of drug-likeness (QED) is 0.707. The lowest BCUT2D eigenvalue weighted by molar-refractivity contribution is -0.138. The highest BCUT2D eigenvalue weighted by Gasteiger charge is 2.31. The van der Waals surface area contributed by atoms with Crippen molar-refractivity contribution >= 4 is 5.97 Å². The molecule has 0 amide bonds. The molecule has 0 heterocycles. The summed E-state index contributed by atoms with van der Waals surface area (Å²) < 4.78 is 5.14. The van der Waals surface area contributed by atoms with Crippen molar-refractivity contribution in [1.29, 1.82) is 0 Å². The van der Waals surface area contributed by atoms with Gasteiger partial charge in [-0.25, -0.2) is 0 Å². The van der Waals surface area contributed by atoms with Gasteiger partial charge < -0.3 is 20.3 Å². The van der Waals surface area contributed by atoms with Crippen molar-refractivity contribution in [3.63, 3.8) is 0 Å². The Morgan fingerprint density at radius 1 is 1.50 bits per heavy atom. The van der Waals surface area contributed by atoms with Gasteiger partial charge in [-0.1, -0.05) is 6.07 Å². The number of methoxy groups -OCH3 is 1. The number of aliphatic hydroxyl groups excluding tert-OH is 1. The molecule has 5 heteroatoms. The molecule has 5 nitrogen and oxygen atoms in total. The second-order valence-corrected chi connectivity index (χ2v) is 5.31. The third-order valence-electron chi connectivity index (χ3n) is 3.60. The molecule has 2 rings (SSSR count). The fourth-order valence-electron chi connectivity index (χ4n) is 2.33. The number of hydrogen-bond acceptors (Lipinski definition) is 4. The maximum absolute atomic E-state index is 11.0. The van der Waals surface area contributed by atoms with Gasteiger partial charge in [0.2, 0.25) is 0 Å². The van der Waals surface area contributed by atoms with E-state index in [0.717, 1.165) is 29.7 Å². The summed E-state index contributed by atoms with van der Waals surface area (Å²) in [5.74, 6) is -0.184. The van der Waals surface area contributed by atoms with E-state index in [-0.39, 0.29) is 6.42 Å². The monoisotopic (exact) mass is 279 g/mol. The smallest absolute Gasteiger partial charge is 0.305 e. The van der Waals surface area contributed by atoms with Crippen molar-refractivity contribution < 1.29 is 19.7 Å². The van der Waals surface area contributed by atoms with E-state index in [1.807, 2.05) is 13.0 Å². The zero-order valence-corrected chi connectivity index (χ0v) is 11.8. The van der Waals surface area contributed by atoms with Crippen molar-refractivity contribution in [3.8, 4) is 5.75 Å². The van der Waals surface area contributed by atoms with E-state index in [4.69, 9.17) is 9.84 Å². The molecule has 0 radical (unpaired) electrons. The minimum absolute atomic E-state index is 0.0941. The summed E-state index contributed by atoms with van der Waals surface area (Å²) in [6.45, 7) is 1.88. The fraction of sp³-hybridized carbons (Fsp3) is 0.533. The Balaban J connectivity index is 2.16.